The van der Waals surface area contributed by atoms with Crippen LogP contribution in [0.4, 0.5) is 0 Å². The lowest BCUT2D eigenvalue weighted by Crippen LogP contribution is -2.37. The van der Waals surface area contributed by atoms with Crippen molar-refractivity contribution >= 4 is 5.91 Å². The SMILES string of the molecule is COc1ccc([C@H](C)NC(=O)[C@H](C)Oc2ccccc2C)cc1. The second-order valence-corrected chi connectivity index (χ2v) is 5.53. The average Bonchev–Trinajstić information content (AvgIpc) is 2.56. The molecule has 0 saturated carbocycles. The number of carbonyl (C=O) groups excluding carboxylic acids is 1. The number of hydrogen-bond donors (Lipinski definition) is 1. The first-order chi connectivity index (χ1) is 11.0. The second kappa shape index (κ2) is 7.68. The van der Waals surface area contributed by atoms with Gasteiger partial charge in [-0.05, 0) is 50.1 Å². The summed E-state index contributed by atoms with van der Waals surface area (Å²) in [6.45, 7) is 5.66. The third-order valence-electron chi connectivity index (χ3n) is 3.74. The van der Waals surface area contributed by atoms with Crippen LogP contribution in [0.1, 0.15) is 31.0 Å². The molecule has 0 heterocycles. The monoisotopic (exact) mass is 313 g/mol. The van der Waals surface area contributed by atoms with Crippen molar-refractivity contribution in [3.05, 3.63) is 59.7 Å². The van der Waals surface area contributed by atoms with Gasteiger partial charge in [-0.25, -0.2) is 0 Å². The van der Waals surface area contributed by atoms with E-state index in [-0.39, 0.29) is 11.9 Å². The molecule has 4 nitrogen and oxygen atoms in total. The van der Waals surface area contributed by atoms with Gasteiger partial charge in [-0.1, -0.05) is 30.3 Å². The van der Waals surface area contributed by atoms with Crippen LogP contribution >= 0.6 is 0 Å². The van der Waals surface area contributed by atoms with E-state index in [1.165, 1.54) is 0 Å². The van der Waals surface area contributed by atoms with Crippen LogP contribution in [0.25, 0.3) is 0 Å². The van der Waals surface area contributed by atoms with Crippen LogP contribution in [-0.4, -0.2) is 19.1 Å². The van der Waals surface area contributed by atoms with E-state index in [1.54, 1.807) is 14.0 Å². The van der Waals surface area contributed by atoms with Gasteiger partial charge in [0.05, 0.1) is 13.2 Å². The molecule has 0 spiro atoms. The number of benzene rings is 2. The Kier molecular flexibility index (Phi) is 5.63. The summed E-state index contributed by atoms with van der Waals surface area (Å²) in [5, 5.41) is 2.97. The number of hydrogen-bond acceptors (Lipinski definition) is 3. The summed E-state index contributed by atoms with van der Waals surface area (Å²) < 4.78 is 10.9. The van der Waals surface area contributed by atoms with Gasteiger partial charge < -0.3 is 14.8 Å². The van der Waals surface area contributed by atoms with Crippen LogP contribution in [0.2, 0.25) is 0 Å². The molecule has 0 aliphatic rings. The van der Waals surface area contributed by atoms with E-state index in [9.17, 15) is 4.79 Å². The fourth-order valence-corrected chi connectivity index (χ4v) is 2.24. The van der Waals surface area contributed by atoms with Crippen LogP contribution in [0.3, 0.4) is 0 Å². The van der Waals surface area contributed by atoms with Gasteiger partial charge in [-0.3, -0.25) is 4.79 Å². The lowest BCUT2D eigenvalue weighted by molar-refractivity contribution is -0.127. The largest absolute Gasteiger partial charge is 0.497 e. The Labute approximate surface area is 137 Å². The van der Waals surface area contributed by atoms with Crippen molar-refractivity contribution in [3.8, 4) is 11.5 Å². The Hall–Kier alpha value is -2.49. The van der Waals surface area contributed by atoms with E-state index in [0.29, 0.717) is 0 Å². The zero-order valence-corrected chi connectivity index (χ0v) is 14.0. The van der Waals surface area contributed by atoms with Crippen LogP contribution < -0.4 is 14.8 Å². The fourth-order valence-electron chi connectivity index (χ4n) is 2.24. The van der Waals surface area contributed by atoms with Gasteiger partial charge in [0, 0.05) is 0 Å². The van der Waals surface area contributed by atoms with E-state index in [4.69, 9.17) is 9.47 Å². The predicted octanol–water partition coefficient (Wildman–Crippen LogP) is 3.65. The number of para-hydroxylation sites is 1. The highest BCUT2D eigenvalue weighted by Gasteiger charge is 2.18. The van der Waals surface area contributed by atoms with Gasteiger partial charge in [0.15, 0.2) is 6.10 Å². The maximum atomic E-state index is 12.3. The van der Waals surface area contributed by atoms with Gasteiger partial charge >= 0.3 is 0 Å². The Bertz CT molecular complexity index is 652. The third-order valence-corrected chi connectivity index (χ3v) is 3.74. The Balaban J connectivity index is 1.95. The van der Waals surface area contributed by atoms with Crippen molar-refractivity contribution in [1.82, 2.24) is 5.32 Å². The minimum atomic E-state index is -0.559. The first-order valence-corrected chi connectivity index (χ1v) is 7.68. The minimum Gasteiger partial charge on any atom is -0.497 e. The maximum Gasteiger partial charge on any atom is 0.261 e. The Morgan fingerprint density at radius 3 is 2.30 bits per heavy atom. The molecular formula is C19H23NO3. The summed E-state index contributed by atoms with van der Waals surface area (Å²) in [5.41, 5.74) is 2.03. The van der Waals surface area contributed by atoms with Gasteiger partial charge in [0.2, 0.25) is 0 Å². The zero-order valence-electron chi connectivity index (χ0n) is 14.0. The number of aryl methyl sites for hydroxylation is 1. The molecule has 4 heteroatoms. The molecule has 0 radical (unpaired) electrons. The van der Waals surface area contributed by atoms with E-state index in [0.717, 1.165) is 22.6 Å². The number of amides is 1. The predicted molar refractivity (Wildman–Crippen MR) is 90.8 cm³/mol. The van der Waals surface area contributed by atoms with E-state index in [1.807, 2.05) is 62.4 Å². The van der Waals surface area contributed by atoms with Crippen molar-refractivity contribution in [3.63, 3.8) is 0 Å². The lowest BCUT2D eigenvalue weighted by atomic mass is 10.1. The summed E-state index contributed by atoms with van der Waals surface area (Å²) in [6, 6.07) is 15.2. The third kappa shape index (κ3) is 4.49. The zero-order chi connectivity index (χ0) is 16.8. The molecule has 2 aromatic carbocycles. The quantitative estimate of drug-likeness (QED) is 0.885. The Morgan fingerprint density at radius 1 is 1.04 bits per heavy atom. The standard InChI is InChI=1S/C19H23NO3/c1-13-7-5-6-8-18(13)23-15(3)19(21)20-14(2)16-9-11-17(22-4)12-10-16/h5-12,14-15H,1-4H3,(H,20,21)/t14-,15-/m0/s1. The summed E-state index contributed by atoms with van der Waals surface area (Å²) >= 11 is 0. The molecule has 2 atom stereocenters. The highest BCUT2D eigenvalue weighted by molar-refractivity contribution is 5.81. The first-order valence-electron chi connectivity index (χ1n) is 7.68. The summed E-state index contributed by atoms with van der Waals surface area (Å²) in [7, 11) is 1.63. The molecule has 0 fully saturated rings. The molecule has 2 rings (SSSR count). The number of carbonyl (C=O) groups is 1. The van der Waals surface area contributed by atoms with Crippen LogP contribution in [0.15, 0.2) is 48.5 Å². The molecule has 1 N–H and O–H groups in total. The summed E-state index contributed by atoms with van der Waals surface area (Å²) in [4.78, 5) is 12.3. The van der Waals surface area contributed by atoms with Crippen molar-refractivity contribution < 1.29 is 14.3 Å². The molecule has 0 saturated heterocycles. The van der Waals surface area contributed by atoms with Crippen LogP contribution in [0.5, 0.6) is 11.5 Å². The van der Waals surface area contributed by atoms with E-state index >= 15 is 0 Å². The first kappa shape index (κ1) is 16.9. The number of methoxy groups -OCH3 is 1. The van der Waals surface area contributed by atoms with E-state index < -0.39 is 6.10 Å². The van der Waals surface area contributed by atoms with Crippen molar-refractivity contribution in [2.45, 2.75) is 32.9 Å². The van der Waals surface area contributed by atoms with Crippen molar-refractivity contribution in [2.75, 3.05) is 7.11 Å². The average molecular weight is 313 g/mol. The summed E-state index contributed by atoms with van der Waals surface area (Å²) in [6.07, 6.45) is -0.559. The number of rotatable bonds is 6. The van der Waals surface area contributed by atoms with Gasteiger partial charge in [-0.2, -0.15) is 0 Å². The molecule has 122 valence electrons. The molecule has 2 aromatic rings. The lowest BCUT2D eigenvalue weighted by Gasteiger charge is -2.20. The smallest absolute Gasteiger partial charge is 0.261 e. The van der Waals surface area contributed by atoms with Gasteiger partial charge in [0.25, 0.3) is 5.91 Å². The van der Waals surface area contributed by atoms with Crippen molar-refractivity contribution in [2.24, 2.45) is 0 Å². The van der Waals surface area contributed by atoms with Gasteiger partial charge in [-0.15, -0.1) is 0 Å². The molecule has 23 heavy (non-hydrogen) atoms. The molecule has 0 unspecified atom stereocenters. The molecule has 0 aromatic heterocycles. The second-order valence-electron chi connectivity index (χ2n) is 5.53. The minimum absolute atomic E-state index is 0.101. The van der Waals surface area contributed by atoms with Crippen LogP contribution in [0, 0.1) is 6.92 Å². The van der Waals surface area contributed by atoms with Crippen molar-refractivity contribution in [1.29, 1.82) is 0 Å². The van der Waals surface area contributed by atoms with Crippen LogP contribution in [-0.2, 0) is 4.79 Å². The highest BCUT2D eigenvalue weighted by Crippen LogP contribution is 2.19. The number of ether oxygens (including phenoxy) is 2. The molecule has 0 aliphatic heterocycles. The highest BCUT2D eigenvalue weighted by atomic mass is 16.5. The topological polar surface area (TPSA) is 47.6 Å². The molecule has 1 amide bonds. The van der Waals surface area contributed by atoms with Gasteiger partial charge in [0.1, 0.15) is 11.5 Å². The molecule has 0 bridgehead atoms. The number of nitrogens with one attached hydrogen (secondary N) is 1. The van der Waals surface area contributed by atoms with E-state index in [2.05, 4.69) is 5.32 Å². The normalized spacial score (nSPS) is 13.0. The molecular weight excluding hydrogens is 290 g/mol. The maximum absolute atomic E-state index is 12.3. The fraction of sp³-hybridized carbons (Fsp3) is 0.316. The summed E-state index contributed by atoms with van der Waals surface area (Å²) in [5.74, 6) is 1.38. The molecule has 0 aliphatic carbocycles. The Morgan fingerprint density at radius 2 is 1.70 bits per heavy atom.